The number of urea groups is 1. The lowest BCUT2D eigenvalue weighted by Crippen LogP contribution is -2.51. The predicted octanol–water partition coefficient (Wildman–Crippen LogP) is 1.52. The molecule has 1 saturated carbocycles. The molecule has 2 aliphatic rings. The summed E-state index contributed by atoms with van der Waals surface area (Å²) in [5.41, 5.74) is 0. The van der Waals surface area contributed by atoms with Gasteiger partial charge in [-0.1, -0.05) is 19.3 Å². The van der Waals surface area contributed by atoms with E-state index in [2.05, 4.69) is 5.32 Å². The van der Waals surface area contributed by atoms with Crippen molar-refractivity contribution in [1.29, 1.82) is 0 Å². The van der Waals surface area contributed by atoms with E-state index in [9.17, 15) is 4.79 Å². The highest BCUT2D eigenvalue weighted by Crippen LogP contribution is 2.24. The zero-order chi connectivity index (χ0) is 12.1. The van der Waals surface area contributed by atoms with Crippen molar-refractivity contribution in [3.63, 3.8) is 0 Å². The third kappa shape index (κ3) is 3.60. The molecule has 0 radical (unpaired) electrons. The molecule has 1 aliphatic heterocycles. The van der Waals surface area contributed by atoms with Gasteiger partial charge in [0.15, 0.2) is 0 Å². The average molecular weight is 239 g/mol. The molecule has 4 nitrogen and oxygen atoms in total. The smallest absolute Gasteiger partial charge is 0.319 e. The molecule has 0 aromatic carbocycles. The lowest BCUT2D eigenvalue weighted by atomic mass is 9.89. The summed E-state index contributed by atoms with van der Waals surface area (Å²) in [5.74, 6) is 0.737. The van der Waals surface area contributed by atoms with E-state index in [4.69, 9.17) is 0 Å². The number of hydrogen-bond donors (Lipinski definition) is 1. The molecule has 1 heterocycles. The molecule has 1 saturated heterocycles. The summed E-state index contributed by atoms with van der Waals surface area (Å²) in [7, 11) is 1.96. The van der Waals surface area contributed by atoms with Gasteiger partial charge in [0.1, 0.15) is 0 Å². The van der Waals surface area contributed by atoms with Gasteiger partial charge in [-0.2, -0.15) is 0 Å². The molecule has 0 aromatic heterocycles. The quantitative estimate of drug-likeness (QED) is 0.793. The molecule has 1 N–H and O–H groups in total. The van der Waals surface area contributed by atoms with Crippen LogP contribution in [0.3, 0.4) is 0 Å². The summed E-state index contributed by atoms with van der Waals surface area (Å²) in [6.07, 6.45) is 6.69. The van der Waals surface area contributed by atoms with Crippen LogP contribution in [0.4, 0.5) is 4.79 Å². The Labute approximate surface area is 104 Å². The highest BCUT2D eigenvalue weighted by Gasteiger charge is 2.22. The van der Waals surface area contributed by atoms with Gasteiger partial charge in [-0.3, -0.25) is 0 Å². The maximum absolute atomic E-state index is 12.2. The van der Waals surface area contributed by atoms with Crippen LogP contribution in [-0.2, 0) is 0 Å². The summed E-state index contributed by atoms with van der Waals surface area (Å²) in [6.45, 7) is 4.52. The summed E-state index contributed by atoms with van der Waals surface area (Å²) in [4.78, 5) is 16.1. The topological polar surface area (TPSA) is 35.6 Å². The first-order valence-corrected chi connectivity index (χ1v) is 6.98. The molecule has 2 fully saturated rings. The minimum atomic E-state index is 0.220. The third-order valence-electron chi connectivity index (χ3n) is 3.97. The number of carbonyl (C=O) groups is 1. The number of hydrogen-bond acceptors (Lipinski definition) is 2. The molecule has 0 aromatic rings. The van der Waals surface area contributed by atoms with Crippen LogP contribution in [0.15, 0.2) is 0 Å². The van der Waals surface area contributed by atoms with Gasteiger partial charge in [-0.25, -0.2) is 4.79 Å². The number of amides is 2. The Kier molecular flexibility index (Phi) is 4.66. The monoisotopic (exact) mass is 239 g/mol. The Bertz CT molecular complexity index is 245. The van der Waals surface area contributed by atoms with E-state index in [1.54, 1.807) is 0 Å². The third-order valence-corrected chi connectivity index (χ3v) is 3.97. The van der Waals surface area contributed by atoms with Gasteiger partial charge in [-0.05, 0) is 18.8 Å². The molecule has 2 amide bonds. The Hall–Kier alpha value is -0.770. The minimum absolute atomic E-state index is 0.220. The van der Waals surface area contributed by atoms with Crippen molar-refractivity contribution in [2.75, 3.05) is 39.8 Å². The van der Waals surface area contributed by atoms with Gasteiger partial charge in [0.25, 0.3) is 0 Å². The van der Waals surface area contributed by atoms with Crippen LogP contribution >= 0.6 is 0 Å². The van der Waals surface area contributed by atoms with E-state index >= 15 is 0 Å². The molecule has 0 spiro atoms. The van der Waals surface area contributed by atoms with E-state index in [1.165, 1.54) is 32.1 Å². The molecule has 1 aliphatic carbocycles. The van der Waals surface area contributed by atoms with Gasteiger partial charge in [0.2, 0.25) is 0 Å². The van der Waals surface area contributed by atoms with E-state index in [0.717, 1.165) is 38.6 Å². The van der Waals surface area contributed by atoms with E-state index in [0.29, 0.717) is 0 Å². The number of piperazine rings is 1. The normalized spacial score (nSPS) is 22.5. The Balaban J connectivity index is 1.77. The first-order chi connectivity index (χ1) is 8.27. The molecule has 0 atom stereocenters. The average Bonchev–Trinajstić information content (AvgIpc) is 2.40. The standard InChI is InChI=1S/C13H25N3O/c1-15(11-12-5-3-2-4-6-12)13(17)16-9-7-14-8-10-16/h12,14H,2-11H2,1H3. The maximum Gasteiger partial charge on any atom is 0.319 e. The van der Waals surface area contributed by atoms with E-state index in [-0.39, 0.29) is 6.03 Å². The zero-order valence-electron chi connectivity index (χ0n) is 11.0. The van der Waals surface area contributed by atoms with Crippen LogP contribution in [0, 0.1) is 5.92 Å². The fraction of sp³-hybridized carbons (Fsp3) is 0.923. The van der Waals surface area contributed by atoms with Crippen molar-refractivity contribution in [2.45, 2.75) is 32.1 Å². The van der Waals surface area contributed by atoms with Gasteiger partial charge in [-0.15, -0.1) is 0 Å². The van der Waals surface area contributed by atoms with E-state index < -0.39 is 0 Å². The Morgan fingerprint density at radius 2 is 1.88 bits per heavy atom. The van der Waals surface area contributed by atoms with Crippen LogP contribution in [-0.4, -0.2) is 55.6 Å². The number of nitrogens with zero attached hydrogens (tertiary/aromatic N) is 2. The lowest BCUT2D eigenvalue weighted by Gasteiger charge is -2.33. The van der Waals surface area contributed by atoms with Gasteiger partial charge >= 0.3 is 6.03 Å². The second-order valence-electron chi connectivity index (χ2n) is 5.40. The van der Waals surface area contributed by atoms with E-state index in [1.807, 2.05) is 16.8 Å². The van der Waals surface area contributed by atoms with Crippen LogP contribution < -0.4 is 5.32 Å². The first-order valence-electron chi connectivity index (χ1n) is 6.98. The molecule has 0 bridgehead atoms. The summed E-state index contributed by atoms with van der Waals surface area (Å²) >= 11 is 0. The highest BCUT2D eigenvalue weighted by molar-refractivity contribution is 5.74. The number of carbonyl (C=O) groups excluding carboxylic acids is 1. The summed E-state index contributed by atoms with van der Waals surface area (Å²) in [6, 6.07) is 0.220. The van der Waals surface area contributed by atoms with Crippen LogP contribution in [0.1, 0.15) is 32.1 Å². The van der Waals surface area contributed by atoms with Crippen LogP contribution in [0.2, 0.25) is 0 Å². The minimum Gasteiger partial charge on any atom is -0.327 e. The largest absolute Gasteiger partial charge is 0.327 e. The first kappa shape index (κ1) is 12.7. The van der Waals surface area contributed by atoms with Gasteiger partial charge in [0.05, 0.1) is 0 Å². The SMILES string of the molecule is CN(CC1CCCCC1)C(=O)N1CCNCC1. The molecule has 17 heavy (non-hydrogen) atoms. The second kappa shape index (κ2) is 6.24. The fourth-order valence-electron chi connectivity index (χ4n) is 2.93. The molecular formula is C13H25N3O. The molecule has 4 heteroatoms. The number of nitrogens with one attached hydrogen (secondary N) is 1. The summed E-state index contributed by atoms with van der Waals surface area (Å²) in [5, 5.41) is 3.28. The van der Waals surface area contributed by atoms with Crippen molar-refractivity contribution >= 4 is 6.03 Å². The predicted molar refractivity (Wildman–Crippen MR) is 69.0 cm³/mol. The summed E-state index contributed by atoms with van der Waals surface area (Å²) < 4.78 is 0. The van der Waals surface area contributed by atoms with Crippen LogP contribution in [0.5, 0.6) is 0 Å². The fourth-order valence-corrected chi connectivity index (χ4v) is 2.93. The molecule has 0 unspecified atom stereocenters. The molecule has 98 valence electrons. The van der Waals surface area contributed by atoms with Crippen LogP contribution in [0.25, 0.3) is 0 Å². The van der Waals surface area contributed by atoms with Crippen molar-refractivity contribution in [2.24, 2.45) is 5.92 Å². The second-order valence-corrected chi connectivity index (χ2v) is 5.40. The zero-order valence-corrected chi connectivity index (χ0v) is 11.0. The van der Waals surface area contributed by atoms with Crippen molar-refractivity contribution < 1.29 is 4.79 Å². The molecule has 2 rings (SSSR count). The van der Waals surface area contributed by atoms with Crippen molar-refractivity contribution in [3.05, 3.63) is 0 Å². The highest BCUT2D eigenvalue weighted by atomic mass is 16.2. The molecular weight excluding hydrogens is 214 g/mol. The van der Waals surface area contributed by atoms with Crippen molar-refractivity contribution in [3.8, 4) is 0 Å². The lowest BCUT2D eigenvalue weighted by molar-refractivity contribution is 0.145. The Morgan fingerprint density at radius 3 is 2.53 bits per heavy atom. The number of rotatable bonds is 2. The van der Waals surface area contributed by atoms with Gasteiger partial charge < -0.3 is 15.1 Å². The van der Waals surface area contributed by atoms with Crippen molar-refractivity contribution in [1.82, 2.24) is 15.1 Å². The maximum atomic E-state index is 12.2. The Morgan fingerprint density at radius 1 is 1.24 bits per heavy atom. The van der Waals surface area contributed by atoms with Gasteiger partial charge in [0, 0.05) is 39.8 Å².